The number of aliphatic hydroxyl groups excluding tert-OH is 11. The molecule has 0 spiro atoms. The maximum absolute atomic E-state index is 13.4. The van der Waals surface area contributed by atoms with Crippen molar-refractivity contribution in [3.05, 3.63) is 36.5 Å². The van der Waals surface area contributed by atoms with Crippen molar-refractivity contribution in [3.8, 4) is 0 Å². The summed E-state index contributed by atoms with van der Waals surface area (Å²) in [4.78, 5) is 13.4. The molecule has 0 saturated carbocycles. The monoisotopic (exact) mass is 1300 g/mol. The summed E-state index contributed by atoms with van der Waals surface area (Å²) in [6.07, 6.45) is 37.0. The number of unbranched alkanes of at least 4 members (excludes halogenated alkanes) is 37. The first kappa shape index (κ1) is 83.2. The minimum Gasteiger partial charge on any atom is -0.394 e. The second-order valence-corrected chi connectivity index (χ2v) is 26.4. The van der Waals surface area contributed by atoms with Gasteiger partial charge in [0.05, 0.1) is 38.6 Å². The fraction of sp³-hybridized carbons (Fsp3) is 0.903. The Bertz CT molecular complexity index is 1790. The number of aliphatic hydroxyl groups is 11. The van der Waals surface area contributed by atoms with Gasteiger partial charge in [-0.1, -0.05) is 262 Å². The lowest BCUT2D eigenvalue weighted by Crippen LogP contribution is -2.66. The van der Waals surface area contributed by atoms with E-state index in [-0.39, 0.29) is 18.9 Å². The molecule has 19 heteroatoms. The van der Waals surface area contributed by atoms with Crippen LogP contribution in [0.4, 0.5) is 0 Å². The highest BCUT2D eigenvalue weighted by molar-refractivity contribution is 5.76. The number of hydrogen-bond acceptors (Lipinski definition) is 18. The molecule has 19 nitrogen and oxygen atoms in total. The van der Waals surface area contributed by atoms with E-state index in [0.717, 1.165) is 83.5 Å². The number of rotatable bonds is 57. The second kappa shape index (κ2) is 54.1. The largest absolute Gasteiger partial charge is 0.394 e. The van der Waals surface area contributed by atoms with Crippen LogP contribution in [0, 0.1) is 0 Å². The van der Waals surface area contributed by atoms with E-state index in [1.165, 1.54) is 173 Å². The molecule has 534 valence electrons. The van der Waals surface area contributed by atoms with Gasteiger partial charge in [-0.05, 0) is 51.4 Å². The number of nitrogens with one attached hydrogen (secondary N) is 1. The average Bonchev–Trinajstić information content (AvgIpc) is 0.885. The van der Waals surface area contributed by atoms with Crippen LogP contribution in [0.3, 0.4) is 0 Å². The zero-order valence-electron chi connectivity index (χ0n) is 56.6. The molecule has 3 fully saturated rings. The summed E-state index contributed by atoms with van der Waals surface area (Å²) in [7, 11) is 0. The molecule has 17 unspecified atom stereocenters. The summed E-state index contributed by atoms with van der Waals surface area (Å²) in [6.45, 7) is 1.73. The van der Waals surface area contributed by atoms with E-state index in [0.29, 0.717) is 6.42 Å². The summed E-state index contributed by atoms with van der Waals surface area (Å²) in [6, 6.07) is -0.978. The second-order valence-electron chi connectivity index (χ2n) is 26.4. The minimum atomic E-state index is -1.98. The molecular weight excluding hydrogens is 1170 g/mol. The highest BCUT2D eigenvalue weighted by Crippen LogP contribution is 2.33. The molecule has 17 atom stereocenters. The number of allylic oxidation sites excluding steroid dienone is 5. The lowest BCUT2D eigenvalue weighted by atomic mass is 9.96. The maximum atomic E-state index is 13.4. The molecule has 3 aliphatic rings. The fourth-order valence-electron chi connectivity index (χ4n) is 12.5. The normalized spacial score (nSPS) is 28.0. The van der Waals surface area contributed by atoms with E-state index in [2.05, 4.69) is 43.5 Å². The predicted octanol–water partition coefficient (Wildman–Crippen LogP) is 10.4. The van der Waals surface area contributed by atoms with Gasteiger partial charge in [-0.2, -0.15) is 0 Å². The first-order valence-electron chi connectivity index (χ1n) is 36.7. The van der Waals surface area contributed by atoms with Crippen molar-refractivity contribution in [2.75, 3.05) is 26.4 Å². The number of ether oxygens (including phenoxy) is 6. The van der Waals surface area contributed by atoms with Crippen molar-refractivity contribution >= 4 is 5.91 Å². The average molecular weight is 1300 g/mol. The SMILES string of the molecule is CCCCC/C=C\C/C=C\CCCCCCCCCC(=O)NC(COC1OC(CO)C(OC2OC(CO)C(OC3OC(CO)C(O)C(O)C3O)C(O)C2O)C(O)C1O)C(O)/C=C/CCCCCCCCCCCCCCCCCCCCCCCCCCCCC. The van der Waals surface area contributed by atoms with Gasteiger partial charge in [0.1, 0.15) is 73.2 Å². The van der Waals surface area contributed by atoms with Gasteiger partial charge < -0.3 is 89.9 Å². The van der Waals surface area contributed by atoms with E-state index in [1.54, 1.807) is 6.08 Å². The Morgan fingerprint density at radius 3 is 1.14 bits per heavy atom. The molecule has 3 rings (SSSR count). The third-order valence-corrected chi connectivity index (χ3v) is 18.4. The standard InChI is InChI=1S/C72H133NO18/c1-3-5-7-9-11-13-15-17-19-21-22-23-24-25-26-27-28-29-30-31-32-34-35-37-39-41-43-45-47-49-56(77)55(73-60(78)50-48-46-44-42-40-38-36-33-20-18-16-14-12-10-8-6-4-2)54-86-70-66(84)63(81)68(58(52-75)88-70)91-72-67(85)64(82)69(59(53-76)89-72)90-71-65(83)62(80)61(79)57(51-74)87-71/h12,14,18,20,47,49,55-59,61-72,74-77,79-85H,3-11,13,15-17,19,21-46,48,50-54H2,1-2H3,(H,73,78)/b14-12-,20-18-,49-47+. The summed E-state index contributed by atoms with van der Waals surface area (Å²) in [5.74, 6) is -0.281. The van der Waals surface area contributed by atoms with Crippen molar-refractivity contribution in [1.29, 1.82) is 0 Å². The Kier molecular flexibility index (Phi) is 49.5. The Labute approximate surface area is 549 Å². The van der Waals surface area contributed by atoms with Gasteiger partial charge in [0.2, 0.25) is 5.91 Å². The van der Waals surface area contributed by atoms with E-state index in [9.17, 15) is 61.0 Å². The first-order valence-corrected chi connectivity index (χ1v) is 36.7. The first-order chi connectivity index (χ1) is 44.3. The van der Waals surface area contributed by atoms with Crippen molar-refractivity contribution in [3.63, 3.8) is 0 Å². The molecule has 91 heavy (non-hydrogen) atoms. The smallest absolute Gasteiger partial charge is 0.220 e. The lowest BCUT2D eigenvalue weighted by Gasteiger charge is -2.48. The number of hydrogen-bond donors (Lipinski definition) is 12. The van der Waals surface area contributed by atoms with Gasteiger partial charge in [0.15, 0.2) is 18.9 Å². The molecule has 3 heterocycles. The van der Waals surface area contributed by atoms with Crippen LogP contribution >= 0.6 is 0 Å². The van der Waals surface area contributed by atoms with Crippen molar-refractivity contribution in [2.45, 2.75) is 388 Å². The third kappa shape index (κ3) is 35.7. The van der Waals surface area contributed by atoms with Crippen LogP contribution in [0.2, 0.25) is 0 Å². The summed E-state index contributed by atoms with van der Waals surface area (Å²) >= 11 is 0. The van der Waals surface area contributed by atoms with E-state index >= 15 is 0 Å². The van der Waals surface area contributed by atoms with Crippen molar-refractivity contribution in [1.82, 2.24) is 5.32 Å². The molecule has 0 aliphatic carbocycles. The van der Waals surface area contributed by atoms with E-state index < -0.39 is 124 Å². The van der Waals surface area contributed by atoms with E-state index in [4.69, 9.17) is 28.4 Å². The van der Waals surface area contributed by atoms with Crippen LogP contribution in [0.15, 0.2) is 36.5 Å². The molecule has 3 saturated heterocycles. The Hall–Kier alpha value is -1.99. The van der Waals surface area contributed by atoms with Crippen molar-refractivity contribution in [2.24, 2.45) is 0 Å². The van der Waals surface area contributed by atoms with Crippen LogP contribution in [0.5, 0.6) is 0 Å². The number of carbonyl (C=O) groups excluding carboxylic acids is 1. The third-order valence-electron chi connectivity index (χ3n) is 18.4. The van der Waals surface area contributed by atoms with Crippen LogP contribution < -0.4 is 5.32 Å². The van der Waals surface area contributed by atoms with E-state index in [1.807, 2.05) is 6.08 Å². The molecule has 0 aromatic rings. The molecule has 0 aromatic carbocycles. The quantitative estimate of drug-likeness (QED) is 0.0199. The molecule has 1 amide bonds. The summed E-state index contributed by atoms with van der Waals surface area (Å²) in [5.41, 5.74) is 0. The van der Waals surface area contributed by atoms with Gasteiger partial charge in [-0.3, -0.25) is 4.79 Å². The van der Waals surface area contributed by atoms with Gasteiger partial charge in [0, 0.05) is 6.42 Å². The van der Waals surface area contributed by atoms with Crippen LogP contribution in [0.25, 0.3) is 0 Å². The molecule has 0 bridgehead atoms. The molecule has 3 aliphatic heterocycles. The molecular formula is C72H133NO18. The van der Waals surface area contributed by atoms with Crippen LogP contribution in [-0.2, 0) is 33.2 Å². The maximum Gasteiger partial charge on any atom is 0.220 e. The van der Waals surface area contributed by atoms with Gasteiger partial charge in [0.25, 0.3) is 0 Å². The Morgan fingerprint density at radius 1 is 0.396 bits per heavy atom. The summed E-state index contributed by atoms with van der Waals surface area (Å²) in [5, 5.41) is 121. The van der Waals surface area contributed by atoms with Gasteiger partial charge in [-0.25, -0.2) is 0 Å². The Morgan fingerprint density at radius 2 is 0.725 bits per heavy atom. The van der Waals surface area contributed by atoms with Gasteiger partial charge >= 0.3 is 0 Å². The highest BCUT2D eigenvalue weighted by atomic mass is 16.8. The molecule has 0 radical (unpaired) electrons. The fourth-order valence-corrected chi connectivity index (χ4v) is 12.5. The predicted molar refractivity (Wildman–Crippen MR) is 356 cm³/mol. The highest BCUT2D eigenvalue weighted by Gasteiger charge is 2.53. The summed E-state index contributed by atoms with van der Waals surface area (Å²) < 4.78 is 34.4. The lowest BCUT2D eigenvalue weighted by molar-refractivity contribution is -0.379. The zero-order valence-corrected chi connectivity index (χ0v) is 56.6. The van der Waals surface area contributed by atoms with Crippen LogP contribution in [0.1, 0.15) is 284 Å². The molecule has 0 aromatic heterocycles. The number of carbonyl (C=O) groups is 1. The van der Waals surface area contributed by atoms with Crippen molar-refractivity contribution < 1.29 is 89.4 Å². The van der Waals surface area contributed by atoms with Gasteiger partial charge in [-0.15, -0.1) is 0 Å². The zero-order chi connectivity index (χ0) is 66.1. The minimum absolute atomic E-state index is 0.235. The van der Waals surface area contributed by atoms with Crippen LogP contribution in [-0.4, -0.2) is 193 Å². The molecule has 12 N–H and O–H groups in total. The topological polar surface area (TPSA) is 307 Å². The Balaban J connectivity index is 1.40. The number of amides is 1.